The van der Waals surface area contributed by atoms with E-state index < -0.39 is 66.7 Å². The molecule has 1 aliphatic heterocycles. The predicted octanol–water partition coefficient (Wildman–Crippen LogP) is 2.63. The van der Waals surface area contributed by atoms with Gasteiger partial charge in [-0.3, -0.25) is 28.5 Å². The molecule has 1 aromatic heterocycles. The Morgan fingerprint density at radius 2 is 1.29 bits per heavy atom. The molecule has 15 nitrogen and oxygen atoms in total. The number of rotatable bonds is 11. The summed E-state index contributed by atoms with van der Waals surface area (Å²) in [5.74, 6) is -1.93. The fraction of sp³-hybridized carbons (Fsp3) is 0.406. The molecular weight excluding hydrogens is 650 g/mol. The summed E-state index contributed by atoms with van der Waals surface area (Å²) < 4.78 is 40.9. The normalized spacial score (nSPS) is 20.2. The lowest BCUT2D eigenvalue weighted by atomic mass is 9.97. The van der Waals surface area contributed by atoms with Crippen LogP contribution in [0.25, 0.3) is 5.69 Å². The van der Waals surface area contributed by atoms with Crippen LogP contribution >= 0.6 is 12.2 Å². The topological polar surface area (TPSA) is 173 Å². The van der Waals surface area contributed by atoms with Crippen LogP contribution in [-0.2, 0) is 49.3 Å². The van der Waals surface area contributed by atoms with Crippen molar-refractivity contribution in [1.29, 1.82) is 0 Å². The first-order valence-corrected chi connectivity index (χ1v) is 15.1. The Kier molecular flexibility index (Phi) is 11.7. The average molecular weight is 686 g/mol. The number of ether oxygens (including phenoxy) is 7. The molecule has 3 aromatic rings. The van der Waals surface area contributed by atoms with Crippen LogP contribution in [0.1, 0.15) is 45.2 Å². The number of hydrogen-bond donors (Lipinski definition) is 0. The molecule has 16 heteroatoms. The summed E-state index contributed by atoms with van der Waals surface area (Å²) in [6.07, 6.45) is -7.12. The molecule has 0 radical (unpaired) electrons. The van der Waals surface area contributed by atoms with Gasteiger partial charge in [-0.25, -0.2) is 4.68 Å². The van der Waals surface area contributed by atoms with Crippen molar-refractivity contribution in [2.75, 3.05) is 20.8 Å². The molecule has 2 heterocycles. The molecule has 4 rings (SSSR count). The molecule has 0 bridgehead atoms. The van der Waals surface area contributed by atoms with Crippen molar-refractivity contribution in [3.05, 3.63) is 74.9 Å². The van der Waals surface area contributed by atoms with E-state index in [2.05, 4.69) is 5.10 Å². The maximum atomic E-state index is 14.0. The van der Waals surface area contributed by atoms with E-state index in [-0.39, 0.29) is 16.9 Å². The first-order valence-electron chi connectivity index (χ1n) is 14.7. The van der Waals surface area contributed by atoms with Crippen molar-refractivity contribution in [2.24, 2.45) is 0 Å². The first-order chi connectivity index (χ1) is 22.8. The summed E-state index contributed by atoms with van der Waals surface area (Å²) in [5.41, 5.74) is 0.510. The quantitative estimate of drug-likeness (QED) is 0.164. The number of carbonyl (C=O) groups is 4. The van der Waals surface area contributed by atoms with E-state index in [4.69, 9.17) is 45.4 Å². The van der Waals surface area contributed by atoms with Gasteiger partial charge in [-0.1, -0.05) is 12.1 Å². The van der Waals surface area contributed by atoms with Crippen LogP contribution in [0.2, 0.25) is 0 Å². The third-order valence-electron chi connectivity index (χ3n) is 7.13. The molecule has 0 N–H and O–H groups in total. The Labute approximate surface area is 280 Å². The van der Waals surface area contributed by atoms with E-state index in [0.29, 0.717) is 22.7 Å². The fourth-order valence-corrected chi connectivity index (χ4v) is 5.44. The smallest absolute Gasteiger partial charge is 0.303 e. The average Bonchev–Trinajstić information content (AvgIpc) is 3.03. The Hall–Kier alpha value is -5.09. The zero-order chi connectivity index (χ0) is 35.1. The third kappa shape index (κ3) is 8.43. The van der Waals surface area contributed by atoms with Gasteiger partial charge in [-0.05, 0) is 54.2 Å². The van der Waals surface area contributed by atoms with Crippen molar-refractivity contribution in [3.63, 3.8) is 0 Å². The maximum absolute atomic E-state index is 14.0. The second-order valence-corrected chi connectivity index (χ2v) is 11.0. The molecule has 2 aromatic carbocycles. The minimum absolute atomic E-state index is 0.0115. The highest BCUT2D eigenvalue weighted by Crippen LogP contribution is 2.35. The van der Waals surface area contributed by atoms with Gasteiger partial charge in [-0.2, -0.15) is 5.10 Å². The standard InChI is InChI=1S/C32H35N3O12S/c1-17(36)43-16-26-27(44-18(2)37)28(45-19(3)38)29(46-20(4)39)31(47-26)35-32(48)34(22-9-13-24(42-6)14-10-22)30(40)25(33-35)15-21-7-11-23(41-5)12-8-21/h7-14,26-29,31H,15-16H2,1-6H3/t26-,27+,28+,29+,31-/m1/s1. The van der Waals surface area contributed by atoms with Gasteiger partial charge in [-0.15, -0.1) is 0 Å². The summed E-state index contributed by atoms with van der Waals surface area (Å²) >= 11 is 5.81. The van der Waals surface area contributed by atoms with E-state index in [1.54, 1.807) is 48.5 Å². The molecule has 0 saturated carbocycles. The minimum atomic E-state index is -1.51. The molecule has 0 spiro atoms. The van der Waals surface area contributed by atoms with Crippen LogP contribution in [0, 0.1) is 4.77 Å². The second kappa shape index (κ2) is 15.7. The molecule has 1 saturated heterocycles. The zero-order valence-corrected chi connectivity index (χ0v) is 27.9. The van der Waals surface area contributed by atoms with Crippen LogP contribution < -0.4 is 15.0 Å². The Balaban J connectivity index is 1.97. The van der Waals surface area contributed by atoms with Gasteiger partial charge in [0.05, 0.1) is 19.9 Å². The largest absolute Gasteiger partial charge is 0.497 e. The molecular formula is C32H35N3O12S. The summed E-state index contributed by atoms with van der Waals surface area (Å²) in [5, 5.41) is 4.59. The maximum Gasteiger partial charge on any atom is 0.303 e. The van der Waals surface area contributed by atoms with Gasteiger partial charge in [0.1, 0.15) is 29.9 Å². The number of methoxy groups -OCH3 is 2. The minimum Gasteiger partial charge on any atom is -0.497 e. The van der Waals surface area contributed by atoms with Crippen LogP contribution in [-0.4, -0.2) is 83.5 Å². The number of nitrogens with zero attached hydrogens (tertiary/aromatic N) is 3. The van der Waals surface area contributed by atoms with Crippen LogP contribution in [0.4, 0.5) is 0 Å². The van der Waals surface area contributed by atoms with Crippen molar-refractivity contribution < 1.29 is 52.3 Å². The van der Waals surface area contributed by atoms with Crippen LogP contribution in [0.3, 0.4) is 0 Å². The molecule has 48 heavy (non-hydrogen) atoms. The summed E-state index contributed by atoms with van der Waals surface area (Å²) in [6, 6.07) is 13.5. The van der Waals surface area contributed by atoms with Crippen molar-refractivity contribution >= 4 is 36.1 Å². The van der Waals surface area contributed by atoms with Crippen molar-refractivity contribution in [2.45, 2.75) is 64.8 Å². The number of esters is 4. The lowest BCUT2D eigenvalue weighted by Crippen LogP contribution is -2.61. The second-order valence-electron chi connectivity index (χ2n) is 10.6. The zero-order valence-electron chi connectivity index (χ0n) is 27.1. The number of aromatic nitrogens is 3. The first kappa shape index (κ1) is 35.8. The SMILES string of the molecule is COc1ccc(Cc2nn([C@@H]3O[C@H](COC(C)=O)[C@H](OC(C)=O)[C@H](OC(C)=O)[C@@H]3OC(C)=O)c(=S)n(-c3ccc(OC)cc3)c2=O)cc1. The molecule has 0 aliphatic carbocycles. The van der Waals surface area contributed by atoms with E-state index in [9.17, 15) is 24.0 Å². The Morgan fingerprint density at radius 3 is 1.81 bits per heavy atom. The highest BCUT2D eigenvalue weighted by atomic mass is 32.1. The number of carbonyl (C=O) groups excluding carboxylic acids is 4. The van der Waals surface area contributed by atoms with Crippen LogP contribution in [0.15, 0.2) is 53.3 Å². The van der Waals surface area contributed by atoms with Crippen molar-refractivity contribution in [3.8, 4) is 17.2 Å². The summed E-state index contributed by atoms with van der Waals surface area (Å²) in [4.78, 5) is 62.9. The lowest BCUT2D eigenvalue weighted by Gasteiger charge is -2.44. The molecule has 1 fully saturated rings. The molecule has 256 valence electrons. The highest BCUT2D eigenvalue weighted by molar-refractivity contribution is 7.71. The van der Waals surface area contributed by atoms with E-state index in [1.807, 2.05) is 0 Å². The predicted molar refractivity (Wildman–Crippen MR) is 168 cm³/mol. The van der Waals surface area contributed by atoms with Crippen LogP contribution in [0.5, 0.6) is 11.5 Å². The van der Waals surface area contributed by atoms with E-state index in [1.165, 1.54) is 25.7 Å². The molecule has 0 amide bonds. The highest BCUT2D eigenvalue weighted by Gasteiger charge is 2.53. The van der Waals surface area contributed by atoms with Gasteiger partial charge in [0, 0.05) is 34.1 Å². The Morgan fingerprint density at radius 1 is 0.771 bits per heavy atom. The van der Waals surface area contributed by atoms with Gasteiger partial charge in [0.2, 0.25) is 4.77 Å². The van der Waals surface area contributed by atoms with Gasteiger partial charge >= 0.3 is 23.9 Å². The lowest BCUT2D eigenvalue weighted by molar-refractivity contribution is -0.271. The summed E-state index contributed by atoms with van der Waals surface area (Å²) in [6.45, 7) is 4.06. The van der Waals surface area contributed by atoms with E-state index >= 15 is 0 Å². The van der Waals surface area contributed by atoms with Gasteiger partial charge < -0.3 is 33.2 Å². The molecule has 5 atom stereocenters. The monoisotopic (exact) mass is 685 g/mol. The number of hydrogen-bond acceptors (Lipinski definition) is 14. The molecule has 0 unspecified atom stereocenters. The summed E-state index contributed by atoms with van der Waals surface area (Å²) in [7, 11) is 3.03. The Bertz CT molecular complexity index is 1770. The van der Waals surface area contributed by atoms with E-state index in [0.717, 1.165) is 25.5 Å². The fourth-order valence-electron chi connectivity index (χ4n) is 5.11. The number of benzene rings is 2. The van der Waals surface area contributed by atoms with Gasteiger partial charge in [0.15, 0.2) is 24.5 Å². The van der Waals surface area contributed by atoms with Gasteiger partial charge in [0.25, 0.3) is 5.56 Å². The van der Waals surface area contributed by atoms with Crippen molar-refractivity contribution in [1.82, 2.24) is 14.3 Å². The third-order valence-corrected chi connectivity index (χ3v) is 7.50. The molecule has 1 aliphatic rings.